The van der Waals surface area contributed by atoms with Gasteiger partial charge in [0.15, 0.2) is 5.65 Å². The van der Waals surface area contributed by atoms with Crippen molar-refractivity contribution in [2.75, 3.05) is 0 Å². The second kappa shape index (κ2) is 7.06. The van der Waals surface area contributed by atoms with Gasteiger partial charge in [0, 0.05) is 11.3 Å². The third kappa shape index (κ3) is 4.03. The predicted octanol–water partition coefficient (Wildman–Crippen LogP) is 3.93. The van der Waals surface area contributed by atoms with Crippen molar-refractivity contribution in [3.63, 3.8) is 0 Å². The number of rotatable bonds is 5. The fourth-order valence-corrected chi connectivity index (χ4v) is 2.88. The van der Waals surface area contributed by atoms with Crippen LogP contribution in [0.1, 0.15) is 35.8 Å². The van der Waals surface area contributed by atoms with Crippen molar-refractivity contribution in [2.45, 2.75) is 45.0 Å². The van der Waals surface area contributed by atoms with E-state index in [1.54, 1.807) is 13.0 Å². The van der Waals surface area contributed by atoms with Crippen LogP contribution in [0, 0.1) is 6.92 Å². The lowest BCUT2D eigenvalue weighted by atomic mass is 10.1. The van der Waals surface area contributed by atoms with Crippen molar-refractivity contribution in [1.29, 1.82) is 0 Å². The van der Waals surface area contributed by atoms with E-state index in [4.69, 9.17) is 4.74 Å². The molecule has 1 atom stereocenters. The van der Waals surface area contributed by atoms with Gasteiger partial charge in [-0.3, -0.25) is 4.79 Å². The number of benzene rings is 1. The Hall–Kier alpha value is -3.10. The summed E-state index contributed by atoms with van der Waals surface area (Å²) in [7, 11) is 0. The van der Waals surface area contributed by atoms with E-state index in [-0.39, 0.29) is 17.3 Å². The second-order valence-corrected chi connectivity index (χ2v) is 7.16. The maximum atomic E-state index is 12.8. The molecule has 0 saturated heterocycles. The van der Waals surface area contributed by atoms with Gasteiger partial charge in [-0.25, -0.2) is 9.50 Å². The van der Waals surface area contributed by atoms with Gasteiger partial charge in [0.05, 0.1) is 18.0 Å². The first-order valence-corrected chi connectivity index (χ1v) is 9.22. The van der Waals surface area contributed by atoms with Crippen LogP contribution >= 0.6 is 0 Å². The Labute approximate surface area is 164 Å². The average Bonchev–Trinajstić information content (AvgIpc) is 3.36. The molecule has 2 aromatic heterocycles. The Morgan fingerprint density at radius 3 is 2.76 bits per heavy atom. The van der Waals surface area contributed by atoms with Gasteiger partial charge in [0.25, 0.3) is 5.91 Å². The van der Waals surface area contributed by atoms with Gasteiger partial charge in [-0.2, -0.15) is 18.3 Å². The third-order valence-corrected chi connectivity index (χ3v) is 4.69. The standard InChI is InChI=1S/C20H19F3N4O2/c1-11-8-17(13-4-3-5-15(9-13)29-14-6-7-14)26-18-16(10-24-27(11)18)19(28)25-12(2)20(21,22)23/h3-5,8-10,12,14H,6-7H2,1-2H3,(H,25,28). The molecular formula is C20H19F3N4O2. The number of hydrogen-bond acceptors (Lipinski definition) is 4. The third-order valence-electron chi connectivity index (χ3n) is 4.69. The summed E-state index contributed by atoms with van der Waals surface area (Å²) in [5, 5.41) is 6.05. The van der Waals surface area contributed by atoms with Gasteiger partial charge in [-0.15, -0.1) is 0 Å². The summed E-state index contributed by atoms with van der Waals surface area (Å²) in [6.45, 7) is 2.68. The number of hydrogen-bond donors (Lipinski definition) is 1. The van der Waals surface area contributed by atoms with Crippen molar-refractivity contribution in [3.05, 3.63) is 47.8 Å². The molecule has 1 aliphatic carbocycles. The summed E-state index contributed by atoms with van der Waals surface area (Å²) >= 11 is 0. The SMILES string of the molecule is Cc1cc(-c2cccc(OC3CC3)c2)nc2c(C(=O)NC(C)C(F)(F)F)cnn12. The molecule has 6 nitrogen and oxygen atoms in total. The van der Waals surface area contributed by atoms with Gasteiger partial charge in [0.2, 0.25) is 0 Å². The molecule has 1 saturated carbocycles. The summed E-state index contributed by atoms with van der Waals surface area (Å²) in [5.74, 6) is -0.144. The van der Waals surface area contributed by atoms with Crippen LogP contribution in [0.5, 0.6) is 5.75 Å². The molecule has 4 rings (SSSR count). The van der Waals surface area contributed by atoms with Crippen molar-refractivity contribution >= 4 is 11.6 Å². The van der Waals surface area contributed by atoms with E-state index < -0.39 is 18.1 Å². The molecule has 1 unspecified atom stereocenters. The number of ether oxygens (including phenoxy) is 1. The first-order valence-electron chi connectivity index (χ1n) is 9.22. The van der Waals surface area contributed by atoms with Gasteiger partial charge < -0.3 is 10.1 Å². The first-order chi connectivity index (χ1) is 13.7. The molecule has 0 aliphatic heterocycles. The van der Waals surface area contributed by atoms with Crippen LogP contribution in [0.25, 0.3) is 16.9 Å². The van der Waals surface area contributed by atoms with E-state index >= 15 is 0 Å². The van der Waals surface area contributed by atoms with Gasteiger partial charge in [-0.05, 0) is 44.9 Å². The van der Waals surface area contributed by atoms with Crippen LogP contribution < -0.4 is 10.1 Å². The fourth-order valence-electron chi connectivity index (χ4n) is 2.88. The maximum Gasteiger partial charge on any atom is 0.408 e. The zero-order chi connectivity index (χ0) is 20.8. The number of nitrogens with zero attached hydrogens (tertiary/aromatic N) is 3. The number of amides is 1. The molecule has 152 valence electrons. The van der Waals surface area contributed by atoms with Crippen molar-refractivity contribution in [1.82, 2.24) is 19.9 Å². The fraction of sp³-hybridized carbons (Fsp3) is 0.350. The van der Waals surface area contributed by atoms with E-state index in [1.165, 1.54) is 10.7 Å². The number of carbonyl (C=O) groups is 1. The zero-order valence-corrected chi connectivity index (χ0v) is 15.8. The maximum absolute atomic E-state index is 12.8. The molecule has 1 fully saturated rings. The minimum Gasteiger partial charge on any atom is -0.490 e. The van der Waals surface area contributed by atoms with Crippen LogP contribution in [0.3, 0.4) is 0 Å². The van der Waals surface area contributed by atoms with Crippen LogP contribution in [0.4, 0.5) is 13.2 Å². The lowest BCUT2D eigenvalue weighted by Gasteiger charge is -2.16. The largest absolute Gasteiger partial charge is 0.490 e. The van der Waals surface area contributed by atoms with Crippen molar-refractivity contribution < 1.29 is 22.7 Å². The summed E-state index contributed by atoms with van der Waals surface area (Å²) < 4.78 is 45.6. The quantitative estimate of drug-likeness (QED) is 0.700. The summed E-state index contributed by atoms with van der Waals surface area (Å²) in [5.41, 5.74) is 2.23. The Kier molecular flexibility index (Phi) is 4.68. The van der Waals surface area contributed by atoms with Crippen molar-refractivity contribution in [3.8, 4) is 17.0 Å². The molecule has 1 aliphatic rings. The summed E-state index contributed by atoms with van der Waals surface area (Å²) in [6.07, 6.45) is -0.974. The first kappa shape index (κ1) is 19.2. The summed E-state index contributed by atoms with van der Waals surface area (Å²) in [4.78, 5) is 16.9. The lowest BCUT2D eigenvalue weighted by molar-refractivity contribution is -0.149. The van der Waals surface area contributed by atoms with Crippen LogP contribution in [-0.4, -0.2) is 38.8 Å². The Morgan fingerprint density at radius 2 is 2.07 bits per heavy atom. The van der Waals surface area contributed by atoms with E-state index in [1.807, 2.05) is 29.6 Å². The Morgan fingerprint density at radius 1 is 1.31 bits per heavy atom. The molecule has 1 amide bonds. The minimum atomic E-state index is -4.53. The van der Waals surface area contributed by atoms with Crippen molar-refractivity contribution in [2.24, 2.45) is 0 Å². The van der Waals surface area contributed by atoms with E-state index in [2.05, 4.69) is 10.1 Å². The smallest absolute Gasteiger partial charge is 0.408 e. The minimum absolute atomic E-state index is 0.0172. The monoisotopic (exact) mass is 404 g/mol. The molecule has 0 spiro atoms. The second-order valence-electron chi connectivity index (χ2n) is 7.16. The molecule has 0 radical (unpaired) electrons. The highest BCUT2D eigenvalue weighted by Gasteiger charge is 2.37. The number of fused-ring (bicyclic) bond motifs is 1. The number of aryl methyl sites for hydroxylation is 1. The molecule has 1 aromatic carbocycles. The van der Waals surface area contributed by atoms with Gasteiger partial charge in [0.1, 0.15) is 17.4 Å². The Bertz CT molecular complexity index is 1070. The Balaban J connectivity index is 1.69. The number of nitrogens with one attached hydrogen (secondary N) is 1. The topological polar surface area (TPSA) is 68.5 Å². The summed E-state index contributed by atoms with van der Waals surface area (Å²) in [6, 6.07) is 7.26. The molecular weight excluding hydrogens is 385 g/mol. The number of carbonyl (C=O) groups excluding carboxylic acids is 1. The molecule has 3 aromatic rings. The van der Waals surface area contributed by atoms with Crippen LogP contribution in [0.2, 0.25) is 0 Å². The molecule has 29 heavy (non-hydrogen) atoms. The highest BCUT2D eigenvalue weighted by Crippen LogP contribution is 2.30. The highest BCUT2D eigenvalue weighted by atomic mass is 19.4. The number of aromatic nitrogens is 3. The van der Waals surface area contributed by atoms with Crippen LogP contribution in [-0.2, 0) is 0 Å². The normalized spacial score (nSPS) is 15.3. The predicted molar refractivity (Wildman–Crippen MR) is 99.8 cm³/mol. The zero-order valence-electron chi connectivity index (χ0n) is 15.8. The molecule has 0 bridgehead atoms. The molecule has 2 heterocycles. The molecule has 1 N–H and O–H groups in total. The van der Waals surface area contributed by atoms with Crippen LogP contribution in [0.15, 0.2) is 36.5 Å². The van der Waals surface area contributed by atoms with Gasteiger partial charge >= 0.3 is 6.18 Å². The highest BCUT2D eigenvalue weighted by molar-refractivity contribution is 6.00. The van der Waals surface area contributed by atoms with E-state index in [9.17, 15) is 18.0 Å². The number of halogens is 3. The lowest BCUT2D eigenvalue weighted by Crippen LogP contribution is -2.43. The number of alkyl halides is 3. The molecule has 9 heteroatoms. The average molecular weight is 404 g/mol. The van der Waals surface area contributed by atoms with Gasteiger partial charge in [-0.1, -0.05) is 12.1 Å². The van der Waals surface area contributed by atoms with E-state index in [0.717, 1.165) is 31.1 Å². The van der Waals surface area contributed by atoms with E-state index in [0.29, 0.717) is 11.4 Å².